The number of benzene rings is 2. The monoisotopic (exact) mass is 295 g/mol. The van der Waals surface area contributed by atoms with Gasteiger partial charge in [-0.3, -0.25) is 4.79 Å². The molecule has 0 atom stereocenters. The molecule has 2 N–H and O–H groups in total. The predicted octanol–water partition coefficient (Wildman–Crippen LogP) is 2.06. The maximum absolute atomic E-state index is 11.8. The van der Waals surface area contributed by atoms with E-state index in [0.29, 0.717) is 5.75 Å². The number of hydrazone groups is 1. The Hall–Kier alpha value is -3.33. The van der Waals surface area contributed by atoms with Crippen molar-refractivity contribution < 1.29 is 14.6 Å². The Labute approximate surface area is 127 Å². The molecule has 2 aromatic carbocycles. The number of nitrogens with zero attached hydrogens (tertiary/aromatic N) is 2. The lowest BCUT2D eigenvalue weighted by Gasteiger charge is -2.02. The molecule has 0 unspecified atom stereocenters. The Bertz CT molecular complexity index is 718. The van der Waals surface area contributed by atoms with Crippen LogP contribution in [0.25, 0.3) is 0 Å². The van der Waals surface area contributed by atoms with Crippen LogP contribution < -0.4 is 10.2 Å². The molecule has 6 heteroatoms. The van der Waals surface area contributed by atoms with Crippen LogP contribution in [-0.4, -0.2) is 23.8 Å². The number of hydrogen-bond donors (Lipinski definition) is 2. The van der Waals surface area contributed by atoms with Gasteiger partial charge in [0.05, 0.1) is 11.8 Å². The summed E-state index contributed by atoms with van der Waals surface area (Å²) in [4.78, 5) is 11.8. The van der Waals surface area contributed by atoms with E-state index in [9.17, 15) is 9.90 Å². The number of rotatable bonds is 5. The third kappa shape index (κ3) is 4.08. The minimum Gasteiger partial charge on any atom is -0.507 e. The number of nitrogens with one attached hydrogen (secondary N) is 1. The summed E-state index contributed by atoms with van der Waals surface area (Å²) in [6, 6.07) is 15.0. The van der Waals surface area contributed by atoms with E-state index < -0.39 is 5.91 Å². The van der Waals surface area contributed by atoms with Gasteiger partial charge in [-0.25, -0.2) is 5.43 Å². The third-order valence-electron chi connectivity index (χ3n) is 2.71. The van der Waals surface area contributed by atoms with Gasteiger partial charge in [0.2, 0.25) is 0 Å². The Morgan fingerprint density at radius 3 is 2.68 bits per heavy atom. The molecule has 0 aliphatic heterocycles. The van der Waals surface area contributed by atoms with Crippen LogP contribution in [0.2, 0.25) is 0 Å². The lowest BCUT2D eigenvalue weighted by atomic mass is 10.2. The van der Waals surface area contributed by atoms with Crippen molar-refractivity contribution in [2.75, 3.05) is 6.61 Å². The van der Waals surface area contributed by atoms with E-state index in [4.69, 9.17) is 10.00 Å². The average Bonchev–Trinajstić information content (AvgIpc) is 2.54. The van der Waals surface area contributed by atoms with E-state index in [1.807, 2.05) is 6.07 Å². The number of carbonyl (C=O) groups excluding carboxylic acids is 1. The van der Waals surface area contributed by atoms with E-state index in [1.165, 1.54) is 18.3 Å². The van der Waals surface area contributed by atoms with Crippen molar-refractivity contribution in [2.24, 2.45) is 5.10 Å². The van der Waals surface area contributed by atoms with Crippen molar-refractivity contribution in [2.45, 2.75) is 0 Å². The smallest absolute Gasteiger partial charge is 0.275 e. The number of hydrogen-bond acceptors (Lipinski definition) is 5. The number of ether oxygens (including phenoxy) is 1. The number of para-hydroxylation sites is 1. The molecule has 1 amide bonds. The van der Waals surface area contributed by atoms with Crippen molar-refractivity contribution in [3.63, 3.8) is 0 Å². The zero-order valence-electron chi connectivity index (χ0n) is 11.6. The Morgan fingerprint density at radius 2 is 2.00 bits per heavy atom. The van der Waals surface area contributed by atoms with E-state index in [-0.39, 0.29) is 17.9 Å². The highest BCUT2D eigenvalue weighted by Gasteiger charge is 2.08. The van der Waals surface area contributed by atoms with Crippen LogP contribution in [0, 0.1) is 11.3 Å². The Kier molecular flexibility index (Phi) is 5.10. The molecule has 0 spiro atoms. The maximum Gasteiger partial charge on any atom is 0.275 e. The van der Waals surface area contributed by atoms with Gasteiger partial charge in [-0.15, -0.1) is 0 Å². The largest absolute Gasteiger partial charge is 0.507 e. The van der Waals surface area contributed by atoms with E-state index >= 15 is 0 Å². The molecule has 110 valence electrons. The third-order valence-corrected chi connectivity index (χ3v) is 2.71. The SMILES string of the molecule is N#CCOc1ccc(/C=N\NC(=O)c2ccccc2O)cc1. The van der Waals surface area contributed by atoms with Gasteiger partial charge < -0.3 is 9.84 Å². The van der Waals surface area contributed by atoms with Gasteiger partial charge in [-0.05, 0) is 42.0 Å². The van der Waals surface area contributed by atoms with E-state index in [1.54, 1.807) is 36.4 Å². The second kappa shape index (κ2) is 7.45. The fourth-order valence-electron chi connectivity index (χ4n) is 1.66. The molecule has 0 heterocycles. The minimum atomic E-state index is -0.497. The van der Waals surface area contributed by atoms with Crippen LogP contribution in [0.5, 0.6) is 11.5 Å². The van der Waals surface area contributed by atoms with Crippen molar-refractivity contribution >= 4 is 12.1 Å². The van der Waals surface area contributed by atoms with Gasteiger partial charge in [-0.2, -0.15) is 10.4 Å². The molecule has 0 aliphatic rings. The van der Waals surface area contributed by atoms with Crippen LogP contribution >= 0.6 is 0 Å². The second-order valence-electron chi connectivity index (χ2n) is 4.23. The summed E-state index contributed by atoms with van der Waals surface area (Å²) in [5, 5.41) is 21.8. The summed E-state index contributed by atoms with van der Waals surface area (Å²) in [6.07, 6.45) is 1.46. The molecule has 0 radical (unpaired) electrons. The number of carbonyl (C=O) groups is 1. The van der Waals surface area contributed by atoms with Crippen LogP contribution in [0.1, 0.15) is 15.9 Å². The highest BCUT2D eigenvalue weighted by Crippen LogP contribution is 2.15. The molecule has 0 fully saturated rings. The van der Waals surface area contributed by atoms with E-state index in [0.717, 1.165) is 5.56 Å². The summed E-state index contributed by atoms with van der Waals surface area (Å²) in [7, 11) is 0. The summed E-state index contributed by atoms with van der Waals surface area (Å²) in [5.41, 5.74) is 3.24. The predicted molar refractivity (Wildman–Crippen MR) is 80.7 cm³/mol. The van der Waals surface area contributed by atoms with Gasteiger partial charge >= 0.3 is 0 Å². The van der Waals surface area contributed by atoms with Crippen molar-refractivity contribution in [1.29, 1.82) is 5.26 Å². The normalized spacial score (nSPS) is 10.1. The number of nitriles is 1. The Morgan fingerprint density at radius 1 is 1.27 bits per heavy atom. The topological polar surface area (TPSA) is 94.7 Å². The lowest BCUT2D eigenvalue weighted by molar-refractivity contribution is 0.0952. The first-order valence-electron chi connectivity index (χ1n) is 6.42. The van der Waals surface area contributed by atoms with Gasteiger partial charge in [0.25, 0.3) is 5.91 Å². The molecule has 0 bridgehead atoms. The molecule has 0 aromatic heterocycles. The minimum absolute atomic E-state index is 0.00986. The fraction of sp³-hybridized carbons (Fsp3) is 0.0625. The molecule has 22 heavy (non-hydrogen) atoms. The van der Waals surface area contributed by atoms with E-state index in [2.05, 4.69) is 10.5 Å². The zero-order chi connectivity index (χ0) is 15.8. The van der Waals surface area contributed by atoms with Crippen LogP contribution in [0.15, 0.2) is 53.6 Å². The van der Waals surface area contributed by atoms with Crippen LogP contribution in [0.4, 0.5) is 0 Å². The first-order chi connectivity index (χ1) is 10.7. The first-order valence-corrected chi connectivity index (χ1v) is 6.42. The fourth-order valence-corrected chi connectivity index (χ4v) is 1.66. The maximum atomic E-state index is 11.8. The highest BCUT2D eigenvalue weighted by molar-refractivity contribution is 5.97. The van der Waals surface area contributed by atoms with Crippen LogP contribution in [-0.2, 0) is 0 Å². The average molecular weight is 295 g/mol. The number of phenols is 1. The van der Waals surface area contributed by atoms with Crippen molar-refractivity contribution in [3.8, 4) is 17.6 Å². The molecule has 0 saturated carbocycles. The van der Waals surface area contributed by atoms with Gasteiger partial charge in [0.1, 0.15) is 17.6 Å². The second-order valence-corrected chi connectivity index (χ2v) is 4.23. The molecule has 0 saturated heterocycles. The number of phenolic OH excluding ortho intramolecular Hbond substituents is 1. The summed E-state index contributed by atoms with van der Waals surface area (Å²) in [5.74, 6) is -0.0190. The van der Waals surface area contributed by atoms with Gasteiger partial charge in [0.15, 0.2) is 6.61 Å². The summed E-state index contributed by atoms with van der Waals surface area (Å²) >= 11 is 0. The first kappa shape index (κ1) is 15.1. The molecule has 0 aliphatic carbocycles. The standard InChI is InChI=1S/C16H13N3O3/c17-9-10-22-13-7-5-12(6-8-13)11-18-19-16(21)14-3-1-2-4-15(14)20/h1-8,11,20H,10H2,(H,19,21)/b18-11-. The molecule has 2 rings (SSSR count). The quantitative estimate of drug-likeness (QED) is 0.652. The zero-order valence-corrected chi connectivity index (χ0v) is 11.6. The molecule has 2 aromatic rings. The lowest BCUT2D eigenvalue weighted by Crippen LogP contribution is -2.17. The van der Waals surface area contributed by atoms with Gasteiger partial charge in [0, 0.05) is 0 Å². The summed E-state index contributed by atoms with van der Waals surface area (Å²) in [6.45, 7) is -0.00986. The molecular formula is C16H13N3O3. The number of aromatic hydroxyl groups is 1. The van der Waals surface area contributed by atoms with Crippen LogP contribution in [0.3, 0.4) is 0 Å². The van der Waals surface area contributed by atoms with Gasteiger partial charge in [-0.1, -0.05) is 12.1 Å². The summed E-state index contributed by atoms with van der Waals surface area (Å²) < 4.78 is 5.12. The van der Waals surface area contributed by atoms with Crippen molar-refractivity contribution in [3.05, 3.63) is 59.7 Å². The molecular weight excluding hydrogens is 282 g/mol. The number of amides is 1. The molecule has 6 nitrogen and oxygen atoms in total. The van der Waals surface area contributed by atoms with Crippen molar-refractivity contribution in [1.82, 2.24) is 5.43 Å². The highest BCUT2D eigenvalue weighted by atomic mass is 16.5. The Balaban J connectivity index is 1.94.